The van der Waals surface area contributed by atoms with Crippen LogP contribution in [0.3, 0.4) is 0 Å². The van der Waals surface area contributed by atoms with Crippen LogP contribution in [0.4, 0.5) is 0 Å². The highest BCUT2D eigenvalue weighted by Crippen LogP contribution is 2.27. The van der Waals surface area contributed by atoms with Crippen LogP contribution in [0.25, 0.3) is 5.69 Å². The summed E-state index contributed by atoms with van der Waals surface area (Å²) >= 11 is 3.64. The SMILES string of the molecule is Cc1nn(-c2ccc(C(C)(C)C)cc2)c(Br)c1CCN. The molecule has 0 saturated carbocycles. The molecule has 0 spiro atoms. The fraction of sp³-hybridized carbons (Fsp3) is 0.438. The third-order valence-corrected chi connectivity index (χ3v) is 4.31. The second-order valence-electron chi connectivity index (χ2n) is 6.10. The Labute approximate surface area is 129 Å². The van der Waals surface area contributed by atoms with Crippen LogP contribution in [0.5, 0.6) is 0 Å². The molecule has 0 saturated heterocycles. The maximum Gasteiger partial charge on any atom is 0.113 e. The summed E-state index contributed by atoms with van der Waals surface area (Å²) in [6.07, 6.45) is 0.840. The van der Waals surface area contributed by atoms with Crippen LogP contribution in [-0.4, -0.2) is 16.3 Å². The minimum absolute atomic E-state index is 0.167. The van der Waals surface area contributed by atoms with Gasteiger partial charge in [-0.15, -0.1) is 0 Å². The van der Waals surface area contributed by atoms with E-state index in [1.165, 1.54) is 11.1 Å². The first kappa shape index (κ1) is 15.3. The van der Waals surface area contributed by atoms with Gasteiger partial charge >= 0.3 is 0 Å². The molecule has 0 bridgehead atoms. The third-order valence-electron chi connectivity index (χ3n) is 3.49. The van der Waals surface area contributed by atoms with Crippen molar-refractivity contribution in [1.29, 1.82) is 0 Å². The van der Waals surface area contributed by atoms with Crippen molar-refractivity contribution in [1.82, 2.24) is 9.78 Å². The largest absolute Gasteiger partial charge is 0.330 e. The summed E-state index contributed by atoms with van der Waals surface area (Å²) < 4.78 is 2.94. The van der Waals surface area contributed by atoms with Gasteiger partial charge in [0.25, 0.3) is 0 Å². The molecule has 1 aromatic heterocycles. The molecule has 0 aliphatic heterocycles. The number of hydrogen-bond donors (Lipinski definition) is 1. The highest BCUT2D eigenvalue weighted by atomic mass is 79.9. The lowest BCUT2D eigenvalue weighted by Crippen LogP contribution is -2.11. The van der Waals surface area contributed by atoms with Gasteiger partial charge in [0, 0.05) is 5.56 Å². The van der Waals surface area contributed by atoms with Crippen LogP contribution in [-0.2, 0) is 11.8 Å². The molecule has 0 fully saturated rings. The first-order valence-electron chi connectivity index (χ1n) is 6.89. The Morgan fingerprint density at radius 2 is 1.80 bits per heavy atom. The van der Waals surface area contributed by atoms with E-state index in [9.17, 15) is 0 Å². The first-order valence-corrected chi connectivity index (χ1v) is 7.69. The van der Waals surface area contributed by atoms with Crippen molar-refractivity contribution >= 4 is 15.9 Å². The average molecular weight is 336 g/mol. The maximum absolute atomic E-state index is 5.66. The minimum atomic E-state index is 0.167. The maximum atomic E-state index is 5.66. The molecule has 108 valence electrons. The van der Waals surface area contributed by atoms with E-state index < -0.39 is 0 Å². The quantitative estimate of drug-likeness (QED) is 0.928. The topological polar surface area (TPSA) is 43.8 Å². The molecule has 0 atom stereocenters. The first-order chi connectivity index (χ1) is 9.34. The molecule has 0 radical (unpaired) electrons. The second-order valence-corrected chi connectivity index (χ2v) is 6.85. The van der Waals surface area contributed by atoms with Gasteiger partial charge in [0.2, 0.25) is 0 Å². The number of benzene rings is 1. The van der Waals surface area contributed by atoms with E-state index in [0.29, 0.717) is 6.54 Å². The normalized spacial score (nSPS) is 11.9. The Bertz CT molecular complexity index is 591. The summed E-state index contributed by atoms with van der Waals surface area (Å²) in [6, 6.07) is 8.57. The van der Waals surface area contributed by atoms with E-state index in [4.69, 9.17) is 5.73 Å². The molecule has 20 heavy (non-hydrogen) atoms. The molecular formula is C16H22BrN3. The van der Waals surface area contributed by atoms with Crippen molar-refractivity contribution in [2.24, 2.45) is 5.73 Å². The van der Waals surface area contributed by atoms with Gasteiger partial charge in [0.1, 0.15) is 4.60 Å². The standard InChI is InChI=1S/C16H22BrN3/c1-11-14(9-10-18)15(17)20(19-11)13-7-5-12(6-8-13)16(2,3)4/h5-8H,9-10,18H2,1-4H3. The van der Waals surface area contributed by atoms with E-state index in [0.717, 1.165) is 22.4 Å². The summed E-state index contributed by atoms with van der Waals surface area (Å²) in [5.74, 6) is 0. The van der Waals surface area contributed by atoms with Crippen molar-refractivity contribution in [3.05, 3.63) is 45.7 Å². The molecule has 4 heteroatoms. The van der Waals surface area contributed by atoms with E-state index in [-0.39, 0.29) is 5.41 Å². The Hall–Kier alpha value is -1.13. The average Bonchev–Trinajstić information content (AvgIpc) is 2.66. The molecular weight excluding hydrogens is 314 g/mol. The lowest BCUT2D eigenvalue weighted by molar-refractivity contribution is 0.590. The Kier molecular flexibility index (Phi) is 4.35. The predicted molar refractivity (Wildman–Crippen MR) is 87.5 cm³/mol. The number of nitrogens with zero attached hydrogens (tertiary/aromatic N) is 2. The molecule has 0 aliphatic rings. The number of aromatic nitrogens is 2. The summed E-state index contributed by atoms with van der Waals surface area (Å²) in [4.78, 5) is 0. The molecule has 0 aliphatic carbocycles. The molecule has 2 N–H and O–H groups in total. The van der Waals surface area contributed by atoms with Crippen molar-refractivity contribution in [3.63, 3.8) is 0 Å². The number of halogens is 1. The lowest BCUT2D eigenvalue weighted by Gasteiger charge is -2.19. The van der Waals surface area contributed by atoms with E-state index in [2.05, 4.69) is 66.1 Å². The number of nitrogens with two attached hydrogens (primary N) is 1. The van der Waals surface area contributed by atoms with Crippen LogP contribution in [0.2, 0.25) is 0 Å². The Morgan fingerprint density at radius 3 is 2.30 bits per heavy atom. The fourth-order valence-electron chi connectivity index (χ4n) is 2.23. The minimum Gasteiger partial charge on any atom is -0.330 e. The van der Waals surface area contributed by atoms with Crippen LogP contribution >= 0.6 is 15.9 Å². The molecule has 0 unspecified atom stereocenters. The van der Waals surface area contributed by atoms with Gasteiger partial charge in [0.15, 0.2) is 0 Å². The van der Waals surface area contributed by atoms with Gasteiger partial charge in [-0.05, 0) is 58.9 Å². The lowest BCUT2D eigenvalue weighted by atomic mass is 9.87. The smallest absolute Gasteiger partial charge is 0.113 e. The van der Waals surface area contributed by atoms with Crippen LogP contribution in [0, 0.1) is 6.92 Å². The van der Waals surface area contributed by atoms with Crippen molar-refractivity contribution < 1.29 is 0 Å². The van der Waals surface area contributed by atoms with E-state index >= 15 is 0 Å². The zero-order chi connectivity index (χ0) is 14.9. The number of hydrogen-bond acceptors (Lipinski definition) is 2. The zero-order valence-electron chi connectivity index (χ0n) is 12.6. The van der Waals surface area contributed by atoms with Gasteiger partial charge in [-0.2, -0.15) is 5.10 Å². The molecule has 2 aromatic rings. The summed E-state index contributed by atoms with van der Waals surface area (Å²) in [5, 5.41) is 4.61. The van der Waals surface area contributed by atoms with Gasteiger partial charge < -0.3 is 5.73 Å². The van der Waals surface area contributed by atoms with Crippen LogP contribution in [0.1, 0.15) is 37.6 Å². The monoisotopic (exact) mass is 335 g/mol. The predicted octanol–water partition coefficient (Wildman–Crippen LogP) is 3.74. The second kappa shape index (κ2) is 5.70. The zero-order valence-corrected chi connectivity index (χ0v) is 14.2. The molecule has 3 nitrogen and oxygen atoms in total. The van der Waals surface area contributed by atoms with E-state index in [1.54, 1.807) is 0 Å². The van der Waals surface area contributed by atoms with Crippen molar-refractivity contribution in [2.75, 3.05) is 6.54 Å². The molecule has 2 rings (SSSR count). The van der Waals surface area contributed by atoms with E-state index in [1.807, 2.05) is 11.6 Å². The van der Waals surface area contributed by atoms with Crippen molar-refractivity contribution in [2.45, 2.75) is 39.5 Å². The fourth-order valence-corrected chi connectivity index (χ4v) is 3.00. The number of rotatable bonds is 3. The number of aryl methyl sites for hydroxylation is 1. The third kappa shape index (κ3) is 2.96. The van der Waals surface area contributed by atoms with Gasteiger partial charge in [-0.1, -0.05) is 32.9 Å². The van der Waals surface area contributed by atoms with Crippen LogP contribution in [0.15, 0.2) is 28.9 Å². The summed E-state index contributed by atoms with van der Waals surface area (Å²) in [5.41, 5.74) is 10.4. The summed E-state index contributed by atoms with van der Waals surface area (Å²) in [6.45, 7) is 9.31. The van der Waals surface area contributed by atoms with Gasteiger partial charge in [-0.25, -0.2) is 4.68 Å². The summed E-state index contributed by atoms with van der Waals surface area (Å²) in [7, 11) is 0. The highest BCUT2D eigenvalue weighted by Gasteiger charge is 2.16. The molecule has 1 heterocycles. The van der Waals surface area contributed by atoms with Crippen LogP contribution < -0.4 is 5.73 Å². The molecule has 0 amide bonds. The van der Waals surface area contributed by atoms with Gasteiger partial charge in [-0.3, -0.25) is 0 Å². The highest BCUT2D eigenvalue weighted by molar-refractivity contribution is 9.10. The Morgan fingerprint density at radius 1 is 1.20 bits per heavy atom. The van der Waals surface area contributed by atoms with Crippen molar-refractivity contribution in [3.8, 4) is 5.69 Å². The Balaban J connectivity index is 2.40. The molecule has 1 aromatic carbocycles. The van der Waals surface area contributed by atoms with Gasteiger partial charge in [0.05, 0.1) is 11.4 Å².